The number of hydrogen-bond donors (Lipinski definition) is 1. The van der Waals surface area contributed by atoms with Gasteiger partial charge in [0.1, 0.15) is 5.75 Å². The number of hydrogen-bond acceptors (Lipinski definition) is 3. The second-order valence-electron chi connectivity index (χ2n) is 4.02. The maximum atomic E-state index is 5.68. The first-order chi connectivity index (χ1) is 8.24. The Morgan fingerprint density at radius 2 is 2.24 bits per heavy atom. The molecular weight excluding hydrogens is 216 g/mol. The molecule has 88 valence electrons. The summed E-state index contributed by atoms with van der Waals surface area (Å²) in [5.74, 6) is 1.72. The van der Waals surface area contributed by atoms with Crippen LogP contribution in [-0.4, -0.2) is 21.1 Å². The molecule has 0 radical (unpaired) electrons. The molecule has 5 nitrogen and oxygen atoms in total. The van der Waals surface area contributed by atoms with E-state index in [0.717, 1.165) is 28.3 Å². The second kappa shape index (κ2) is 3.49. The predicted molar refractivity (Wildman–Crippen MR) is 66.1 cm³/mol. The fourth-order valence-electron chi connectivity index (χ4n) is 2.11. The van der Waals surface area contributed by atoms with E-state index in [2.05, 4.69) is 9.38 Å². The van der Waals surface area contributed by atoms with Gasteiger partial charge in [-0.15, -0.1) is 0 Å². The van der Waals surface area contributed by atoms with E-state index in [-0.39, 0.29) is 0 Å². The van der Waals surface area contributed by atoms with Gasteiger partial charge < -0.3 is 15.0 Å². The third kappa shape index (κ3) is 1.32. The Bertz CT molecular complexity index is 695. The molecule has 0 atom stereocenters. The highest BCUT2D eigenvalue weighted by molar-refractivity contribution is 5.81. The lowest BCUT2D eigenvalue weighted by Gasteiger charge is -1.98. The van der Waals surface area contributed by atoms with Gasteiger partial charge in [-0.1, -0.05) is 0 Å². The topological polar surface area (TPSA) is 57.5 Å². The summed E-state index contributed by atoms with van der Waals surface area (Å²) in [6.45, 7) is 0.511. The third-order valence-electron chi connectivity index (χ3n) is 3.10. The minimum Gasteiger partial charge on any atom is -0.497 e. The maximum absolute atomic E-state index is 5.68. The van der Waals surface area contributed by atoms with Crippen molar-refractivity contribution in [2.24, 2.45) is 12.8 Å². The number of nitrogens with zero attached hydrogens (tertiary/aromatic N) is 3. The summed E-state index contributed by atoms with van der Waals surface area (Å²) in [5.41, 5.74) is 8.74. The van der Waals surface area contributed by atoms with Crippen LogP contribution in [0.2, 0.25) is 0 Å². The Morgan fingerprint density at radius 1 is 1.41 bits per heavy atom. The number of methoxy groups -OCH3 is 1. The van der Waals surface area contributed by atoms with Gasteiger partial charge in [-0.3, -0.25) is 4.40 Å². The van der Waals surface area contributed by atoms with E-state index in [9.17, 15) is 0 Å². The molecule has 2 aromatic heterocycles. The highest BCUT2D eigenvalue weighted by Crippen LogP contribution is 2.22. The Balaban J connectivity index is 2.36. The monoisotopic (exact) mass is 230 g/mol. The van der Waals surface area contributed by atoms with E-state index < -0.39 is 0 Å². The molecular formula is C12H14N4O. The number of fused-ring (bicyclic) bond motifs is 3. The lowest BCUT2D eigenvalue weighted by Crippen LogP contribution is -2.02. The van der Waals surface area contributed by atoms with Crippen LogP contribution in [0.3, 0.4) is 0 Å². The first-order valence-electron chi connectivity index (χ1n) is 5.45. The average molecular weight is 230 g/mol. The fraction of sp³-hybridized carbons (Fsp3) is 0.250. The average Bonchev–Trinajstić information content (AvgIpc) is 2.86. The van der Waals surface area contributed by atoms with Crippen LogP contribution in [0.5, 0.6) is 5.75 Å². The molecule has 17 heavy (non-hydrogen) atoms. The lowest BCUT2D eigenvalue weighted by molar-refractivity contribution is 0.415. The zero-order chi connectivity index (χ0) is 12.0. The van der Waals surface area contributed by atoms with Crippen LogP contribution in [0.4, 0.5) is 0 Å². The summed E-state index contributed by atoms with van der Waals surface area (Å²) >= 11 is 0. The van der Waals surface area contributed by atoms with E-state index in [1.165, 1.54) is 0 Å². The van der Waals surface area contributed by atoms with Gasteiger partial charge in [-0.25, -0.2) is 4.98 Å². The smallest absolute Gasteiger partial charge is 0.214 e. The van der Waals surface area contributed by atoms with E-state index in [4.69, 9.17) is 10.5 Å². The second-order valence-corrected chi connectivity index (χ2v) is 4.02. The first kappa shape index (κ1) is 10.2. The quantitative estimate of drug-likeness (QED) is 0.721. The number of nitrogens with two attached hydrogens (primary N) is 1. The normalized spacial score (nSPS) is 11.5. The van der Waals surface area contributed by atoms with Crippen LogP contribution in [-0.2, 0) is 13.6 Å². The Kier molecular flexibility index (Phi) is 2.09. The molecule has 0 saturated carbocycles. The molecule has 0 fully saturated rings. The standard InChI is InChI=1S/C12H14N4O/c1-15-8(6-13)7-16-11-4-3-9(17-2)5-10(11)14-12(15)16/h3-5,7H,6,13H2,1-2H3. The minimum absolute atomic E-state index is 0.511. The Morgan fingerprint density at radius 3 is 2.94 bits per heavy atom. The molecule has 0 spiro atoms. The van der Waals surface area contributed by atoms with Gasteiger partial charge in [0, 0.05) is 25.9 Å². The summed E-state index contributed by atoms with van der Waals surface area (Å²) < 4.78 is 9.25. The molecule has 3 rings (SSSR count). The highest BCUT2D eigenvalue weighted by atomic mass is 16.5. The highest BCUT2D eigenvalue weighted by Gasteiger charge is 2.11. The number of ether oxygens (including phenoxy) is 1. The number of aromatic nitrogens is 3. The maximum Gasteiger partial charge on any atom is 0.214 e. The molecule has 0 saturated heterocycles. The largest absolute Gasteiger partial charge is 0.497 e. The molecule has 0 bridgehead atoms. The van der Waals surface area contributed by atoms with Crippen LogP contribution in [0.1, 0.15) is 5.69 Å². The summed E-state index contributed by atoms with van der Waals surface area (Å²) in [7, 11) is 3.63. The van der Waals surface area contributed by atoms with Crippen LogP contribution in [0, 0.1) is 0 Å². The molecule has 0 aliphatic carbocycles. The van der Waals surface area contributed by atoms with Crippen molar-refractivity contribution in [3.05, 3.63) is 30.1 Å². The Labute approximate surface area is 98.4 Å². The molecule has 3 aromatic rings. The van der Waals surface area contributed by atoms with Gasteiger partial charge in [0.05, 0.1) is 23.8 Å². The van der Waals surface area contributed by atoms with Gasteiger partial charge in [-0.05, 0) is 12.1 Å². The van der Waals surface area contributed by atoms with Gasteiger partial charge in [0.2, 0.25) is 5.78 Å². The molecule has 0 aliphatic heterocycles. The van der Waals surface area contributed by atoms with E-state index in [1.807, 2.05) is 36.0 Å². The molecule has 0 unspecified atom stereocenters. The summed E-state index contributed by atoms with van der Waals surface area (Å²) in [4.78, 5) is 4.58. The van der Waals surface area contributed by atoms with Crippen molar-refractivity contribution >= 4 is 16.8 Å². The number of imidazole rings is 2. The number of aryl methyl sites for hydroxylation is 1. The molecule has 0 amide bonds. The van der Waals surface area contributed by atoms with E-state index in [1.54, 1.807) is 7.11 Å². The van der Waals surface area contributed by atoms with Crippen LogP contribution >= 0.6 is 0 Å². The van der Waals surface area contributed by atoms with Crippen molar-refractivity contribution in [3.63, 3.8) is 0 Å². The summed E-state index contributed by atoms with van der Waals surface area (Å²) in [5, 5.41) is 0. The molecule has 2 heterocycles. The predicted octanol–water partition coefficient (Wildman–Crippen LogP) is 1.29. The summed E-state index contributed by atoms with van der Waals surface area (Å²) in [6, 6.07) is 5.88. The number of rotatable bonds is 2. The minimum atomic E-state index is 0.511. The van der Waals surface area contributed by atoms with Crippen LogP contribution in [0.15, 0.2) is 24.4 Å². The van der Waals surface area contributed by atoms with Gasteiger partial charge >= 0.3 is 0 Å². The lowest BCUT2D eigenvalue weighted by atomic mass is 10.3. The molecule has 1 aromatic carbocycles. The van der Waals surface area contributed by atoms with Crippen molar-refractivity contribution in [3.8, 4) is 5.75 Å². The first-order valence-corrected chi connectivity index (χ1v) is 5.45. The van der Waals surface area contributed by atoms with E-state index in [0.29, 0.717) is 6.54 Å². The molecule has 0 aliphatic rings. The van der Waals surface area contributed by atoms with Crippen molar-refractivity contribution in [1.82, 2.24) is 14.0 Å². The van der Waals surface area contributed by atoms with Gasteiger partial charge in [0.25, 0.3) is 0 Å². The van der Waals surface area contributed by atoms with Gasteiger partial charge in [-0.2, -0.15) is 0 Å². The summed E-state index contributed by atoms with van der Waals surface area (Å²) in [6.07, 6.45) is 2.02. The van der Waals surface area contributed by atoms with Crippen molar-refractivity contribution < 1.29 is 4.74 Å². The Hall–Kier alpha value is -2.01. The number of benzene rings is 1. The SMILES string of the molecule is COc1ccc2c(c1)nc1n(C)c(CN)cn21. The van der Waals surface area contributed by atoms with Crippen molar-refractivity contribution in [1.29, 1.82) is 0 Å². The zero-order valence-corrected chi connectivity index (χ0v) is 9.84. The third-order valence-corrected chi connectivity index (χ3v) is 3.10. The molecule has 5 heteroatoms. The van der Waals surface area contributed by atoms with Crippen LogP contribution in [0.25, 0.3) is 16.8 Å². The zero-order valence-electron chi connectivity index (χ0n) is 9.84. The van der Waals surface area contributed by atoms with Crippen molar-refractivity contribution in [2.45, 2.75) is 6.54 Å². The van der Waals surface area contributed by atoms with Crippen LogP contribution < -0.4 is 10.5 Å². The fourth-order valence-corrected chi connectivity index (χ4v) is 2.11. The van der Waals surface area contributed by atoms with Crippen molar-refractivity contribution in [2.75, 3.05) is 7.11 Å². The molecule has 2 N–H and O–H groups in total. The van der Waals surface area contributed by atoms with E-state index >= 15 is 0 Å². The van der Waals surface area contributed by atoms with Gasteiger partial charge in [0.15, 0.2) is 0 Å².